The second kappa shape index (κ2) is 11.1. The molecule has 0 saturated heterocycles. The SMILES string of the molecule is CCN(C)C(=O)c1cccc(-c2nc(SCc3ccc(F)cc3)[nH]c(=O)c2Cc2cncnc2)c1. The van der Waals surface area contributed by atoms with E-state index in [-0.39, 0.29) is 23.7 Å². The lowest BCUT2D eigenvalue weighted by molar-refractivity contribution is 0.0802. The summed E-state index contributed by atoms with van der Waals surface area (Å²) in [7, 11) is 1.74. The Labute approximate surface area is 206 Å². The highest BCUT2D eigenvalue weighted by molar-refractivity contribution is 7.98. The van der Waals surface area contributed by atoms with Gasteiger partial charge in [-0.1, -0.05) is 36.0 Å². The molecule has 0 radical (unpaired) electrons. The first-order valence-corrected chi connectivity index (χ1v) is 12.0. The molecule has 0 unspecified atom stereocenters. The molecule has 2 aromatic heterocycles. The third-order valence-corrected chi connectivity index (χ3v) is 6.43. The number of H-pyrrole nitrogens is 1. The Morgan fingerprint density at radius 3 is 2.54 bits per heavy atom. The molecule has 7 nitrogen and oxygen atoms in total. The fraction of sp³-hybridized carbons (Fsp3) is 0.192. The average molecular weight is 490 g/mol. The molecular formula is C26H24FN5O2S. The van der Waals surface area contributed by atoms with E-state index >= 15 is 0 Å². The van der Waals surface area contributed by atoms with Crippen molar-refractivity contribution in [1.82, 2.24) is 24.8 Å². The van der Waals surface area contributed by atoms with E-state index in [1.807, 2.05) is 13.0 Å². The second-order valence-corrected chi connectivity index (χ2v) is 8.90. The van der Waals surface area contributed by atoms with Crippen LogP contribution in [0.2, 0.25) is 0 Å². The van der Waals surface area contributed by atoms with Crippen molar-refractivity contribution >= 4 is 17.7 Å². The number of rotatable bonds is 8. The molecule has 4 aromatic rings. The zero-order chi connectivity index (χ0) is 24.8. The number of amides is 1. The van der Waals surface area contributed by atoms with Crippen molar-refractivity contribution in [1.29, 1.82) is 0 Å². The first kappa shape index (κ1) is 24.3. The summed E-state index contributed by atoms with van der Waals surface area (Å²) in [5.74, 6) is 0.0991. The van der Waals surface area contributed by atoms with Gasteiger partial charge in [-0.05, 0) is 42.3 Å². The predicted octanol–water partition coefficient (Wildman–Crippen LogP) is 4.34. The molecule has 35 heavy (non-hydrogen) atoms. The smallest absolute Gasteiger partial charge is 0.255 e. The highest BCUT2D eigenvalue weighted by Gasteiger charge is 2.17. The van der Waals surface area contributed by atoms with Gasteiger partial charge in [-0.25, -0.2) is 19.3 Å². The summed E-state index contributed by atoms with van der Waals surface area (Å²) < 4.78 is 13.2. The maximum absolute atomic E-state index is 13.2. The number of thioether (sulfide) groups is 1. The summed E-state index contributed by atoms with van der Waals surface area (Å²) in [6.45, 7) is 2.49. The highest BCUT2D eigenvalue weighted by atomic mass is 32.2. The molecule has 0 atom stereocenters. The van der Waals surface area contributed by atoms with Gasteiger partial charge in [0.1, 0.15) is 12.1 Å². The first-order valence-electron chi connectivity index (χ1n) is 11.0. The van der Waals surface area contributed by atoms with Crippen molar-refractivity contribution in [3.05, 3.63) is 106 Å². The maximum atomic E-state index is 13.2. The van der Waals surface area contributed by atoms with Crippen LogP contribution in [0.4, 0.5) is 4.39 Å². The fourth-order valence-corrected chi connectivity index (χ4v) is 4.29. The Balaban J connectivity index is 1.74. The standard InChI is InChI=1S/C26H24FN5O2S/c1-3-32(2)25(34)20-6-4-5-19(12-20)23-22(11-18-13-28-16-29-14-18)24(33)31-26(30-23)35-15-17-7-9-21(27)10-8-17/h4-10,12-14,16H,3,11,15H2,1-2H3,(H,30,31,33). The molecule has 1 amide bonds. The zero-order valence-corrected chi connectivity index (χ0v) is 20.2. The van der Waals surface area contributed by atoms with Crippen LogP contribution < -0.4 is 5.56 Å². The molecule has 2 aromatic carbocycles. The summed E-state index contributed by atoms with van der Waals surface area (Å²) in [6, 6.07) is 13.3. The Morgan fingerprint density at radius 2 is 1.83 bits per heavy atom. The van der Waals surface area contributed by atoms with E-state index in [1.165, 1.54) is 30.2 Å². The molecule has 2 heterocycles. The molecule has 9 heteroatoms. The van der Waals surface area contributed by atoms with E-state index in [0.29, 0.717) is 39.8 Å². The summed E-state index contributed by atoms with van der Waals surface area (Å²) >= 11 is 1.35. The number of nitrogens with zero attached hydrogens (tertiary/aromatic N) is 4. The summed E-state index contributed by atoms with van der Waals surface area (Å²) in [4.78, 5) is 43.3. The van der Waals surface area contributed by atoms with Gasteiger partial charge in [0.15, 0.2) is 5.16 Å². The monoisotopic (exact) mass is 489 g/mol. The van der Waals surface area contributed by atoms with Crippen LogP contribution in [0.5, 0.6) is 0 Å². The van der Waals surface area contributed by atoms with E-state index in [0.717, 1.165) is 11.1 Å². The Bertz CT molecular complexity index is 1380. The van der Waals surface area contributed by atoms with Crippen molar-refractivity contribution in [2.45, 2.75) is 24.3 Å². The average Bonchev–Trinajstić information content (AvgIpc) is 2.89. The molecular weight excluding hydrogens is 465 g/mol. The van der Waals surface area contributed by atoms with Gasteiger partial charge in [-0.3, -0.25) is 9.59 Å². The summed E-state index contributed by atoms with van der Waals surface area (Å²) in [5.41, 5.74) is 3.53. The highest BCUT2D eigenvalue weighted by Crippen LogP contribution is 2.26. The van der Waals surface area contributed by atoms with E-state index in [4.69, 9.17) is 4.98 Å². The largest absolute Gasteiger partial charge is 0.342 e. The van der Waals surface area contributed by atoms with Gasteiger partial charge >= 0.3 is 0 Å². The van der Waals surface area contributed by atoms with E-state index in [1.54, 1.807) is 54.7 Å². The van der Waals surface area contributed by atoms with Crippen LogP contribution >= 0.6 is 11.8 Å². The Morgan fingerprint density at radius 1 is 1.09 bits per heavy atom. The molecule has 4 rings (SSSR count). The molecule has 0 fully saturated rings. The molecule has 0 aliphatic rings. The summed E-state index contributed by atoms with van der Waals surface area (Å²) in [5, 5.41) is 0.435. The van der Waals surface area contributed by atoms with Crippen molar-refractivity contribution in [2.24, 2.45) is 0 Å². The Hall–Kier alpha value is -3.85. The first-order chi connectivity index (χ1) is 16.9. The van der Waals surface area contributed by atoms with Gasteiger partial charge in [0.05, 0.1) is 5.69 Å². The van der Waals surface area contributed by atoms with Crippen molar-refractivity contribution in [3.63, 3.8) is 0 Å². The second-order valence-electron chi connectivity index (χ2n) is 7.94. The summed E-state index contributed by atoms with van der Waals surface area (Å²) in [6.07, 6.45) is 5.03. The minimum absolute atomic E-state index is 0.108. The predicted molar refractivity (Wildman–Crippen MR) is 134 cm³/mol. The number of hydrogen-bond acceptors (Lipinski definition) is 6. The van der Waals surface area contributed by atoms with Crippen molar-refractivity contribution in [2.75, 3.05) is 13.6 Å². The number of nitrogens with one attached hydrogen (secondary N) is 1. The van der Waals surface area contributed by atoms with Crippen molar-refractivity contribution in [3.8, 4) is 11.3 Å². The minimum Gasteiger partial charge on any atom is -0.342 e. The van der Waals surface area contributed by atoms with Crippen LogP contribution in [0.25, 0.3) is 11.3 Å². The molecule has 1 N–H and O–H groups in total. The number of carbonyl (C=O) groups excluding carboxylic acids is 1. The van der Waals surface area contributed by atoms with Crippen LogP contribution in [-0.2, 0) is 12.2 Å². The fourth-order valence-electron chi connectivity index (χ4n) is 3.47. The zero-order valence-electron chi connectivity index (χ0n) is 19.4. The van der Waals surface area contributed by atoms with Gasteiger partial charge in [-0.2, -0.15) is 0 Å². The van der Waals surface area contributed by atoms with E-state index < -0.39 is 0 Å². The molecule has 178 valence electrons. The van der Waals surface area contributed by atoms with Gasteiger partial charge in [0, 0.05) is 54.9 Å². The van der Waals surface area contributed by atoms with Crippen LogP contribution in [0.15, 0.2) is 77.2 Å². The van der Waals surface area contributed by atoms with Gasteiger partial charge < -0.3 is 9.88 Å². The van der Waals surface area contributed by atoms with E-state index in [9.17, 15) is 14.0 Å². The maximum Gasteiger partial charge on any atom is 0.255 e. The lowest BCUT2D eigenvalue weighted by Gasteiger charge is -2.16. The molecule has 0 aliphatic heterocycles. The number of aromatic nitrogens is 4. The number of benzene rings is 2. The van der Waals surface area contributed by atoms with Gasteiger partial charge in [-0.15, -0.1) is 0 Å². The molecule has 0 aliphatic carbocycles. The van der Waals surface area contributed by atoms with Crippen LogP contribution in [0.1, 0.15) is 34.0 Å². The van der Waals surface area contributed by atoms with Crippen LogP contribution in [0, 0.1) is 5.82 Å². The van der Waals surface area contributed by atoms with Crippen LogP contribution in [0.3, 0.4) is 0 Å². The molecule has 0 spiro atoms. The quantitative estimate of drug-likeness (QED) is 0.292. The van der Waals surface area contributed by atoms with Gasteiger partial charge in [0.2, 0.25) is 0 Å². The van der Waals surface area contributed by atoms with Gasteiger partial charge in [0.25, 0.3) is 11.5 Å². The third kappa shape index (κ3) is 5.99. The van der Waals surface area contributed by atoms with Crippen molar-refractivity contribution < 1.29 is 9.18 Å². The topological polar surface area (TPSA) is 91.8 Å². The third-order valence-electron chi connectivity index (χ3n) is 5.48. The lowest BCUT2D eigenvalue weighted by atomic mass is 10.00. The number of carbonyl (C=O) groups is 1. The number of halogens is 1. The number of hydrogen-bond donors (Lipinski definition) is 1. The molecule has 0 saturated carbocycles. The van der Waals surface area contributed by atoms with E-state index in [2.05, 4.69) is 15.0 Å². The molecule has 0 bridgehead atoms. The normalized spacial score (nSPS) is 10.8. The lowest BCUT2D eigenvalue weighted by Crippen LogP contribution is -2.26. The number of aromatic amines is 1. The minimum atomic E-state index is -0.301. The van der Waals surface area contributed by atoms with Crippen LogP contribution in [-0.4, -0.2) is 44.3 Å². The Kier molecular flexibility index (Phi) is 7.67.